The van der Waals surface area contributed by atoms with Gasteiger partial charge in [0.25, 0.3) is 0 Å². The number of nitrogens with one attached hydrogen (secondary N) is 1. The van der Waals surface area contributed by atoms with Gasteiger partial charge in [-0.3, -0.25) is 15.2 Å². The molecule has 1 N–H and O–H groups in total. The molecule has 0 saturated heterocycles. The summed E-state index contributed by atoms with van der Waals surface area (Å²) < 4.78 is 0. The highest BCUT2D eigenvalue weighted by atomic mass is 16.2. The molecular weight excluding hydrogens is 226 g/mol. The van der Waals surface area contributed by atoms with Crippen molar-refractivity contribution in [2.45, 2.75) is 19.8 Å². The number of rotatable bonds is 7. The summed E-state index contributed by atoms with van der Waals surface area (Å²) in [7, 11) is 4.01. The van der Waals surface area contributed by atoms with Crippen molar-refractivity contribution in [3.8, 4) is 0 Å². The van der Waals surface area contributed by atoms with E-state index in [1.165, 1.54) is 0 Å². The maximum absolute atomic E-state index is 12.0. The summed E-state index contributed by atoms with van der Waals surface area (Å²) in [6, 6.07) is 9.79. The first kappa shape index (κ1) is 14.5. The van der Waals surface area contributed by atoms with Crippen molar-refractivity contribution in [3.63, 3.8) is 0 Å². The first-order chi connectivity index (χ1) is 8.63. The number of benzene rings is 1. The number of hydrazine groups is 1. The van der Waals surface area contributed by atoms with Crippen molar-refractivity contribution >= 4 is 11.6 Å². The largest absolute Gasteiger partial charge is 0.308 e. The average molecular weight is 249 g/mol. The van der Waals surface area contributed by atoms with Gasteiger partial charge in [0.05, 0.1) is 12.2 Å². The molecule has 0 heterocycles. The Hall–Kier alpha value is -1.55. The summed E-state index contributed by atoms with van der Waals surface area (Å²) in [5.41, 5.74) is 4.12. The molecule has 0 aliphatic heterocycles. The van der Waals surface area contributed by atoms with Crippen LogP contribution in [0.3, 0.4) is 0 Å². The Morgan fingerprint density at radius 3 is 2.39 bits per heavy atom. The molecule has 1 aromatic rings. The Morgan fingerprint density at radius 2 is 1.83 bits per heavy atom. The summed E-state index contributed by atoms with van der Waals surface area (Å²) in [5, 5.41) is 1.71. The number of amides is 1. The molecule has 1 aromatic carbocycles. The molecule has 1 amide bonds. The van der Waals surface area contributed by atoms with Gasteiger partial charge >= 0.3 is 0 Å². The quantitative estimate of drug-likeness (QED) is 0.753. The molecular formula is C14H23N3O. The van der Waals surface area contributed by atoms with Crippen molar-refractivity contribution in [1.29, 1.82) is 0 Å². The molecule has 0 saturated carbocycles. The number of hydrogen-bond donors (Lipinski definition) is 1. The van der Waals surface area contributed by atoms with Gasteiger partial charge in [-0.1, -0.05) is 25.1 Å². The van der Waals surface area contributed by atoms with E-state index in [0.717, 1.165) is 18.7 Å². The number of anilines is 1. The molecule has 18 heavy (non-hydrogen) atoms. The molecule has 0 unspecified atom stereocenters. The van der Waals surface area contributed by atoms with Gasteiger partial charge in [-0.15, -0.1) is 0 Å². The average Bonchev–Trinajstić information content (AvgIpc) is 2.35. The van der Waals surface area contributed by atoms with Crippen LogP contribution >= 0.6 is 0 Å². The minimum Gasteiger partial charge on any atom is -0.308 e. The third-order valence-electron chi connectivity index (χ3n) is 2.57. The van der Waals surface area contributed by atoms with Crippen LogP contribution in [0.25, 0.3) is 0 Å². The second kappa shape index (κ2) is 7.71. The topological polar surface area (TPSA) is 35.6 Å². The Bertz CT molecular complexity index is 351. The van der Waals surface area contributed by atoms with Crippen LogP contribution in [-0.4, -0.2) is 43.0 Å². The summed E-state index contributed by atoms with van der Waals surface area (Å²) >= 11 is 0. The molecule has 0 bridgehead atoms. The van der Waals surface area contributed by atoms with Gasteiger partial charge in [0.1, 0.15) is 0 Å². The molecule has 0 spiro atoms. The lowest BCUT2D eigenvalue weighted by molar-refractivity contribution is -0.130. The van der Waals surface area contributed by atoms with Gasteiger partial charge in [0.15, 0.2) is 0 Å². The summed E-state index contributed by atoms with van der Waals surface area (Å²) in [6.45, 7) is 3.54. The van der Waals surface area contributed by atoms with Crippen LogP contribution in [0, 0.1) is 0 Å². The van der Waals surface area contributed by atoms with E-state index in [-0.39, 0.29) is 5.91 Å². The third kappa shape index (κ3) is 5.19. The number of likely N-dealkylation sites (N-methyl/N-ethyl adjacent to an activating group) is 1. The summed E-state index contributed by atoms with van der Waals surface area (Å²) in [4.78, 5) is 14.1. The zero-order valence-electron chi connectivity index (χ0n) is 11.5. The van der Waals surface area contributed by atoms with E-state index in [1.807, 2.05) is 51.4 Å². The predicted octanol–water partition coefficient (Wildman–Crippen LogP) is 2.20. The maximum Gasteiger partial charge on any atom is 0.240 e. The zero-order valence-corrected chi connectivity index (χ0v) is 11.5. The third-order valence-corrected chi connectivity index (χ3v) is 2.57. The van der Waals surface area contributed by atoms with Crippen LogP contribution in [0.2, 0.25) is 0 Å². The van der Waals surface area contributed by atoms with Gasteiger partial charge in [0, 0.05) is 13.0 Å². The van der Waals surface area contributed by atoms with Crippen molar-refractivity contribution in [3.05, 3.63) is 30.3 Å². The first-order valence-corrected chi connectivity index (χ1v) is 6.40. The summed E-state index contributed by atoms with van der Waals surface area (Å²) in [5.74, 6) is 0.142. The molecule has 100 valence electrons. The van der Waals surface area contributed by atoms with Crippen LogP contribution in [0.15, 0.2) is 30.3 Å². The molecule has 1 rings (SSSR count). The van der Waals surface area contributed by atoms with E-state index >= 15 is 0 Å². The summed E-state index contributed by atoms with van der Waals surface area (Å²) in [6.07, 6.45) is 1.45. The van der Waals surface area contributed by atoms with Crippen molar-refractivity contribution in [1.82, 2.24) is 9.91 Å². The number of carbonyl (C=O) groups excluding carboxylic acids is 1. The standard InChI is InChI=1S/C14H23N3O/c1-4-8-14(18)17(12-11-16(2)3)15-13-9-6-5-7-10-13/h5-7,9-10,15H,4,8,11-12H2,1-3H3. The first-order valence-electron chi connectivity index (χ1n) is 6.40. The lowest BCUT2D eigenvalue weighted by Gasteiger charge is -2.25. The van der Waals surface area contributed by atoms with E-state index in [9.17, 15) is 4.79 Å². The Morgan fingerprint density at radius 1 is 1.17 bits per heavy atom. The highest BCUT2D eigenvalue weighted by Crippen LogP contribution is 2.08. The fourth-order valence-electron chi connectivity index (χ4n) is 1.56. The molecule has 0 aliphatic rings. The van der Waals surface area contributed by atoms with Gasteiger partial charge < -0.3 is 4.90 Å². The van der Waals surface area contributed by atoms with Crippen LogP contribution < -0.4 is 5.43 Å². The second-order valence-corrected chi connectivity index (χ2v) is 4.58. The van der Waals surface area contributed by atoms with Gasteiger partial charge in [-0.25, -0.2) is 0 Å². The molecule has 0 aliphatic carbocycles. The van der Waals surface area contributed by atoms with Gasteiger partial charge in [-0.2, -0.15) is 0 Å². The van der Waals surface area contributed by atoms with E-state index in [2.05, 4.69) is 10.3 Å². The molecule has 0 atom stereocenters. The van der Waals surface area contributed by atoms with E-state index in [0.29, 0.717) is 13.0 Å². The lowest BCUT2D eigenvalue weighted by Crippen LogP contribution is -2.40. The SMILES string of the molecule is CCCC(=O)N(CCN(C)C)Nc1ccccc1. The minimum absolute atomic E-state index is 0.142. The molecule has 0 fully saturated rings. The van der Waals surface area contributed by atoms with Crippen molar-refractivity contribution < 1.29 is 4.79 Å². The fourth-order valence-corrected chi connectivity index (χ4v) is 1.56. The van der Waals surface area contributed by atoms with Crippen LogP contribution in [-0.2, 0) is 4.79 Å². The highest BCUT2D eigenvalue weighted by molar-refractivity contribution is 5.77. The van der Waals surface area contributed by atoms with E-state index in [4.69, 9.17) is 0 Å². The lowest BCUT2D eigenvalue weighted by atomic mass is 10.3. The van der Waals surface area contributed by atoms with Gasteiger partial charge in [0.2, 0.25) is 5.91 Å². The van der Waals surface area contributed by atoms with Crippen molar-refractivity contribution in [2.75, 3.05) is 32.6 Å². The number of nitrogens with zero attached hydrogens (tertiary/aromatic N) is 2. The number of hydrogen-bond acceptors (Lipinski definition) is 3. The van der Waals surface area contributed by atoms with Crippen molar-refractivity contribution in [2.24, 2.45) is 0 Å². The molecule has 4 nitrogen and oxygen atoms in total. The molecule has 0 radical (unpaired) electrons. The second-order valence-electron chi connectivity index (χ2n) is 4.58. The fraction of sp³-hybridized carbons (Fsp3) is 0.500. The van der Waals surface area contributed by atoms with Crippen LogP contribution in [0.1, 0.15) is 19.8 Å². The maximum atomic E-state index is 12.0. The molecule has 4 heteroatoms. The van der Waals surface area contributed by atoms with Gasteiger partial charge in [-0.05, 0) is 32.6 Å². The van der Waals surface area contributed by atoms with E-state index < -0.39 is 0 Å². The Kier molecular flexibility index (Phi) is 6.22. The van der Waals surface area contributed by atoms with Crippen LogP contribution in [0.5, 0.6) is 0 Å². The smallest absolute Gasteiger partial charge is 0.240 e. The Balaban J connectivity index is 2.62. The van der Waals surface area contributed by atoms with E-state index in [1.54, 1.807) is 5.01 Å². The normalized spacial score (nSPS) is 10.4. The number of carbonyl (C=O) groups is 1. The number of para-hydroxylation sites is 1. The zero-order chi connectivity index (χ0) is 13.4. The monoisotopic (exact) mass is 249 g/mol. The predicted molar refractivity (Wildman–Crippen MR) is 75.2 cm³/mol. The highest BCUT2D eigenvalue weighted by Gasteiger charge is 2.12. The Labute approximate surface area is 110 Å². The van der Waals surface area contributed by atoms with Crippen LogP contribution in [0.4, 0.5) is 5.69 Å². The minimum atomic E-state index is 0.142. The molecule has 0 aromatic heterocycles.